The minimum absolute atomic E-state index is 0.622. The van der Waals surface area contributed by atoms with Crippen LogP contribution in [0.4, 0.5) is 17.5 Å². The maximum atomic E-state index is 4.72. The second kappa shape index (κ2) is 5.72. The number of aromatic nitrogens is 2. The minimum atomic E-state index is 0.622. The van der Waals surface area contributed by atoms with Crippen LogP contribution in [0.5, 0.6) is 0 Å². The molecular formula is C17H22N4. The summed E-state index contributed by atoms with van der Waals surface area (Å²) in [6, 6.07) is 8.63. The summed E-state index contributed by atoms with van der Waals surface area (Å²) in [6.07, 6.45) is 3.04. The van der Waals surface area contributed by atoms with Gasteiger partial charge < -0.3 is 10.2 Å². The summed E-state index contributed by atoms with van der Waals surface area (Å²) in [5.74, 6) is 2.34. The Balaban J connectivity index is 2.06. The lowest BCUT2D eigenvalue weighted by atomic mass is 9.94. The third-order valence-electron chi connectivity index (χ3n) is 3.88. The number of hydrogen-bond acceptors (Lipinski definition) is 4. The molecule has 0 saturated heterocycles. The van der Waals surface area contributed by atoms with Gasteiger partial charge in [-0.25, -0.2) is 4.98 Å². The molecule has 1 atom stereocenters. The van der Waals surface area contributed by atoms with Gasteiger partial charge in [0.25, 0.3) is 0 Å². The molecule has 0 bridgehead atoms. The Morgan fingerprint density at radius 1 is 1.33 bits per heavy atom. The zero-order chi connectivity index (χ0) is 14.8. The molecule has 1 aliphatic heterocycles. The summed E-state index contributed by atoms with van der Waals surface area (Å²) in [7, 11) is 0. The Bertz CT molecular complexity index is 638. The van der Waals surface area contributed by atoms with E-state index >= 15 is 0 Å². The summed E-state index contributed by atoms with van der Waals surface area (Å²) < 4.78 is 0. The van der Waals surface area contributed by atoms with Crippen LogP contribution in [0.25, 0.3) is 0 Å². The van der Waals surface area contributed by atoms with E-state index in [2.05, 4.69) is 60.2 Å². The van der Waals surface area contributed by atoms with Crippen LogP contribution in [-0.2, 0) is 6.42 Å². The van der Waals surface area contributed by atoms with Crippen molar-refractivity contribution >= 4 is 17.5 Å². The number of nitrogens with zero attached hydrogens (tertiary/aromatic N) is 3. The molecule has 110 valence electrons. The molecule has 0 spiro atoms. The van der Waals surface area contributed by atoms with Gasteiger partial charge in [-0.1, -0.05) is 25.1 Å². The van der Waals surface area contributed by atoms with E-state index in [0.29, 0.717) is 11.9 Å². The van der Waals surface area contributed by atoms with E-state index in [1.807, 2.05) is 6.20 Å². The van der Waals surface area contributed by atoms with Gasteiger partial charge in [-0.15, -0.1) is 0 Å². The molecule has 3 rings (SSSR count). The van der Waals surface area contributed by atoms with Crippen LogP contribution < -0.4 is 10.2 Å². The number of hydrogen-bond donors (Lipinski definition) is 1. The zero-order valence-electron chi connectivity index (χ0n) is 12.9. The fourth-order valence-electron chi connectivity index (χ4n) is 2.95. The predicted octanol–water partition coefficient (Wildman–Crippen LogP) is 3.55. The van der Waals surface area contributed by atoms with Gasteiger partial charge in [0.2, 0.25) is 5.95 Å². The molecule has 0 radical (unpaired) electrons. The smallest absolute Gasteiger partial charge is 0.224 e. The van der Waals surface area contributed by atoms with Crippen LogP contribution in [0, 0.1) is 12.8 Å². The molecule has 1 unspecified atom stereocenters. The topological polar surface area (TPSA) is 41.1 Å². The van der Waals surface area contributed by atoms with Crippen LogP contribution >= 0.6 is 0 Å². The molecule has 2 heterocycles. The Morgan fingerprint density at radius 3 is 2.95 bits per heavy atom. The number of anilines is 3. The summed E-state index contributed by atoms with van der Waals surface area (Å²) in [4.78, 5) is 11.4. The molecule has 0 fully saturated rings. The minimum Gasteiger partial charge on any atom is -0.354 e. The average molecular weight is 282 g/mol. The molecular weight excluding hydrogens is 260 g/mol. The first kappa shape index (κ1) is 13.9. The second-order valence-electron chi connectivity index (χ2n) is 5.78. The van der Waals surface area contributed by atoms with Gasteiger partial charge in [-0.05, 0) is 37.8 Å². The quantitative estimate of drug-likeness (QED) is 0.934. The van der Waals surface area contributed by atoms with Gasteiger partial charge in [0.1, 0.15) is 5.82 Å². The van der Waals surface area contributed by atoms with E-state index in [0.717, 1.165) is 30.9 Å². The van der Waals surface area contributed by atoms with Gasteiger partial charge in [0, 0.05) is 30.5 Å². The van der Waals surface area contributed by atoms with Crippen molar-refractivity contribution in [3.63, 3.8) is 0 Å². The molecule has 21 heavy (non-hydrogen) atoms. The zero-order valence-corrected chi connectivity index (χ0v) is 12.9. The van der Waals surface area contributed by atoms with Crippen LogP contribution in [0.15, 0.2) is 30.5 Å². The van der Waals surface area contributed by atoms with E-state index in [4.69, 9.17) is 4.98 Å². The Hall–Kier alpha value is -2.10. The van der Waals surface area contributed by atoms with Gasteiger partial charge >= 0.3 is 0 Å². The van der Waals surface area contributed by atoms with Gasteiger partial charge in [-0.3, -0.25) is 0 Å². The van der Waals surface area contributed by atoms with Crippen molar-refractivity contribution in [3.05, 3.63) is 41.6 Å². The molecule has 2 aromatic rings. The van der Waals surface area contributed by atoms with E-state index in [9.17, 15) is 0 Å². The van der Waals surface area contributed by atoms with Gasteiger partial charge in [-0.2, -0.15) is 4.98 Å². The number of benzene rings is 1. The molecule has 1 aromatic heterocycles. The maximum absolute atomic E-state index is 4.72. The molecule has 0 aliphatic carbocycles. The van der Waals surface area contributed by atoms with E-state index in [1.54, 1.807) is 0 Å². The number of aryl methyl sites for hydroxylation is 1. The third kappa shape index (κ3) is 2.71. The largest absolute Gasteiger partial charge is 0.354 e. The highest BCUT2D eigenvalue weighted by Crippen LogP contribution is 2.35. The first-order chi connectivity index (χ1) is 10.2. The highest BCUT2D eigenvalue weighted by molar-refractivity contribution is 5.68. The summed E-state index contributed by atoms with van der Waals surface area (Å²) in [6.45, 7) is 8.26. The summed E-state index contributed by atoms with van der Waals surface area (Å²) >= 11 is 0. The fraction of sp³-hybridized carbons (Fsp3) is 0.412. The SMILES string of the molecule is CCNc1ncc(C)c(N2CC(C)Cc3ccccc32)n1. The molecule has 1 aromatic carbocycles. The molecule has 4 heteroatoms. The van der Waals surface area contributed by atoms with Crippen LogP contribution in [0.1, 0.15) is 25.0 Å². The Labute approximate surface area is 126 Å². The van der Waals surface area contributed by atoms with Crippen LogP contribution in [0.3, 0.4) is 0 Å². The van der Waals surface area contributed by atoms with Crippen molar-refractivity contribution in [3.8, 4) is 0 Å². The van der Waals surface area contributed by atoms with Crippen molar-refractivity contribution < 1.29 is 0 Å². The highest BCUT2D eigenvalue weighted by atomic mass is 15.2. The number of rotatable bonds is 3. The first-order valence-electron chi connectivity index (χ1n) is 7.62. The normalized spacial score (nSPS) is 17.5. The second-order valence-corrected chi connectivity index (χ2v) is 5.78. The summed E-state index contributed by atoms with van der Waals surface area (Å²) in [5, 5.41) is 3.20. The Morgan fingerprint density at radius 2 is 2.14 bits per heavy atom. The summed E-state index contributed by atoms with van der Waals surface area (Å²) in [5.41, 5.74) is 3.79. The highest BCUT2D eigenvalue weighted by Gasteiger charge is 2.24. The van der Waals surface area contributed by atoms with Gasteiger partial charge in [0.15, 0.2) is 0 Å². The third-order valence-corrected chi connectivity index (χ3v) is 3.88. The molecule has 0 amide bonds. The van der Waals surface area contributed by atoms with Crippen molar-refractivity contribution in [1.82, 2.24) is 9.97 Å². The predicted molar refractivity (Wildman–Crippen MR) is 87.2 cm³/mol. The molecule has 1 aliphatic rings. The van der Waals surface area contributed by atoms with E-state index in [-0.39, 0.29) is 0 Å². The number of para-hydroxylation sites is 1. The van der Waals surface area contributed by atoms with Crippen LogP contribution in [-0.4, -0.2) is 23.1 Å². The first-order valence-corrected chi connectivity index (χ1v) is 7.62. The van der Waals surface area contributed by atoms with E-state index in [1.165, 1.54) is 11.3 Å². The number of fused-ring (bicyclic) bond motifs is 1. The van der Waals surface area contributed by atoms with Crippen LogP contribution in [0.2, 0.25) is 0 Å². The fourth-order valence-corrected chi connectivity index (χ4v) is 2.95. The molecule has 0 saturated carbocycles. The van der Waals surface area contributed by atoms with Crippen molar-refractivity contribution in [2.75, 3.05) is 23.3 Å². The lowest BCUT2D eigenvalue weighted by molar-refractivity contribution is 0.559. The van der Waals surface area contributed by atoms with Crippen molar-refractivity contribution in [2.45, 2.75) is 27.2 Å². The van der Waals surface area contributed by atoms with Crippen molar-refractivity contribution in [1.29, 1.82) is 0 Å². The number of nitrogens with one attached hydrogen (secondary N) is 1. The van der Waals surface area contributed by atoms with Gasteiger partial charge in [0.05, 0.1) is 0 Å². The molecule has 4 nitrogen and oxygen atoms in total. The Kier molecular flexibility index (Phi) is 3.78. The van der Waals surface area contributed by atoms with E-state index < -0.39 is 0 Å². The lowest BCUT2D eigenvalue weighted by Gasteiger charge is -2.34. The average Bonchev–Trinajstić information content (AvgIpc) is 2.48. The maximum Gasteiger partial charge on any atom is 0.224 e. The monoisotopic (exact) mass is 282 g/mol. The standard InChI is InChI=1S/C17H22N4/c1-4-18-17-19-10-13(3)16(20-17)21-11-12(2)9-14-7-5-6-8-15(14)21/h5-8,10,12H,4,9,11H2,1-3H3,(H,18,19,20). The lowest BCUT2D eigenvalue weighted by Crippen LogP contribution is -2.31. The van der Waals surface area contributed by atoms with Crippen molar-refractivity contribution in [2.24, 2.45) is 5.92 Å². The molecule has 1 N–H and O–H groups in total.